The van der Waals surface area contributed by atoms with Crippen molar-refractivity contribution in [2.75, 3.05) is 5.32 Å². The Morgan fingerprint density at radius 2 is 1.65 bits per heavy atom. The third-order valence-electron chi connectivity index (χ3n) is 3.71. The third-order valence-corrected chi connectivity index (χ3v) is 5.01. The first-order valence-electron chi connectivity index (χ1n) is 7.86. The van der Waals surface area contributed by atoms with E-state index in [2.05, 4.69) is 37.2 Å². The van der Waals surface area contributed by atoms with Crippen LogP contribution in [0.5, 0.6) is 5.75 Å². The van der Waals surface area contributed by atoms with Gasteiger partial charge in [0.05, 0.1) is 4.47 Å². The zero-order valence-electron chi connectivity index (χ0n) is 13.6. The minimum Gasteiger partial charge on any atom is -0.487 e. The maximum atomic E-state index is 13.0. The zero-order chi connectivity index (χ0) is 18.5. The first-order valence-corrected chi connectivity index (χ1v) is 9.82. The molecule has 0 aliphatic carbocycles. The first-order chi connectivity index (χ1) is 12.5. The van der Waals surface area contributed by atoms with Crippen LogP contribution in [0.1, 0.15) is 11.1 Å². The van der Waals surface area contributed by atoms with Gasteiger partial charge in [-0.15, -0.1) is 0 Å². The Morgan fingerprint density at radius 1 is 0.962 bits per heavy atom. The van der Waals surface area contributed by atoms with Crippen LogP contribution >= 0.6 is 43.5 Å². The molecule has 0 amide bonds. The Morgan fingerprint density at radius 3 is 2.35 bits per heavy atom. The van der Waals surface area contributed by atoms with E-state index in [1.165, 1.54) is 12.1 Å². The van der Waals surface area contributed by atoms with Crippen LogP contribution in [0.15, 0.2) is 69.6 Å². The SMILES string of the molecule is Fc1ccc(COc2c(Br)cc(Br)cc2CNc2ccc(Cl)cc2)cc1. The van der Waals surface area contributed by atoms with E-state index in [0.717, 1.165) is 31.5 Å². The monoisotopic (exact) mass is 497 g/mol. The van der Waals surface area contributed by atoms with Crippen molar-refractivity contribution < 1.29 is 9.13 Å². The Kier molecular flexibility index (Phi) is 6.57. The van der Waals surface area contributed by atoms with Crippen LogP contribution in [0.4, 0.5) is 10.1 Å². The van der Waals surface area contributed by atoms with Crippen molar-refractivity contribution in [3.8, 4) is 5.75 Å². The highest BCUT2D eigenvalue weighted by Crippen LogP contribution is 2.34. The Balaban J connectivity index is 1.75. The lowest BCUT2D eigenvalue weighted by Crippen LogP contribution is -2.04. The van der Waals surface area contributed by atoms with E-state index in [0.29, 0.717) is 18.2 Å². The second-order valence-electron chi connectivity index (χ2n) is 5.65. The fraction of sp³-hybridized carbons (Fsp3) is 0.100. The number of nitrogens with one attached hydrogen (secondary N) is 1. The summed E-state index contributed by atoms with van der Waals surface area (Å²) < 4.78 is 20.8. The summed E-state index contributed by atoms with van der Waals surface area (Å²) in [4.78, 5) is 0. The summed E-state index contributed by atoms with van der Waals surface area (Å²) in [6.07, 6.45) is 0. The lowest BCUT2D eigenvalue weighted by atomic mass is 10.2. The second-order valence-corrected chi connectivity index (χ2v) is 7.86. The van der Waals surface area contributed by atoms with Gasteiger partial charge in [0.15, 0.2) is 0 Å². The topological polar surface area (TPSA) is 21.3 Å². The molecular formula is C20H15Br2ClFNO. The lowest BCUT2D eigenvalue weighted by molar-refractivity contribution is 0.301. The van der Waals surface area contributed by atoms with Crippen molar-refractivity contribution in [1.82, 2.24) is 0 Å². The normalized spacial score (nSPS) is 10.6. The molecule has 3 aromatic rings. The average molecular weight is 500 g/mol. The van der Waals surface area contributed by atoms with Gasteiger partial charge in [0.2, 0.25) is 0 Å². The van der Waals surface area contributed by atoms with Crippen LogP contribution in [0, 0.1) is 5.82 Å². The number of rotatable bonds is 6. The van der Waals surface area contributed by atoms with Crippen LogP contribution < -0.4 is 10.1 Å². The molecule has 6 heteroatoms. The first kappa shape index (κ1) is 19.2. The predicted octanol–water partition coefficient (Wildman–Crippen LogP) is 7.20. The summed E-state index contributed by atoms with van der Waals surface area (Å²) in [5.41, 5.74) is 2.86. The van der Waals surface area contributed by atoms with Crippen LogP contribution in [0.2, 0.25) is 5.02 Å². The van der Waals surface area contributed by atoms with Gasteiger partial charge < -0.3 is 10.1 Å². The highest BCUT2D eigenvalue weighted by Gasteiger charge is 2.11. The maximum absolute atomic E-state index is 13.0. The lowest BCUT2D eigenvalue weighted by Gasteiger charge is -2.15. The highest BCUT2D eigenvalue weighted by molar-refractivity contribution is 9.11. The predicted molar refractivity (Wildman–Crippen MR) is 111 cm³/mol. The van der Waals surface area contributed by atoms with Gasteiger partial charge in [-0.05, 0) is 70.0 Å². The van der Waals surface area contributed by atoms with Crippen LogP contribution in [0.25, 0.3) is 0 Å². The molecule has 0 aromatic heterocycles. The number of hydrogen-bond acceptors (Lipinski definition) is 2. The molecule has 134 valence electrons. The van der Waals surface area contributed by atoms with Crippen molar-refractivity contribution >= 4 is 49.1 Å². The quantitative estimate of drug-likeness (QED) is 0.387. The summed E-state index contributed by atoms with van der Waals surface area (Å²) in [7, 11) is 0. The summed E-state index contributed by atoms with van der Waals surface area (Å²) >= 11 is 13.0. The van der Waals surface area contributed by atoms with Gasteiger partial charge in [0.25, 0.3) is 0 Å². The van der Waals surface area contributed by atoms with Crippen molar-refractivity contribution in [2.24, 2.45) is 0 Å². The van der Waals surface area contributed by atoms with Crippen LogP contribution in [0.3, 0.4) is 0 Å². The van der Waals surface area contributed by atoms with Crippen molar-refractivity contribution in [3.63, 3.8) is 0 Å². The standard InChI is InChI=1S/C20H15Br2ClFNO/c21-15-9-14(11-25-18-7-3-16(23)4-8-18)20(19(22)10-15)26-12-13-1-5-17(24)6-2-13/h1-10,25H,11-12H2. The Bertz CT molecular complexity index is 886. The maximum Gasteiger partial charge on any atom is 0.139 e. The van der Waals surface area contributed by atoms with Crippen molar-refractivity contribution in [2.45, 2.75) is 13.2 Å². The molecule has 3 aromatic carbocycles. The molecule has 2 nitrogen and oxygen atoms in total. The van der Waals surface area contributed by atoms with E-state index in [1.807, 2.05) is 36.4 Å². The summed E-state index contributed by atoms with van der Waals surface area (Å²) in [6.45, 7) is 0.937. The van der Waals surface area contributed by atoms with Crippen molar-refractivity contribution in [1.29, 1.82) is 0 Å². The van der Waals surface area contributed by atoms with Gasteiger partial charge in [0, 0.05) is 27.3 Å². The van der Waals surface area contributed by atoms with Gasteiger partial charge in [-0.1, -0.05) is 39.7 Å². The molecular weight excluding hydrogens is 484 g/mol. The van der Waals surface area contributed by atoms with E-state index >= 15 is 0 Å². The number of ether oxygens (including phenoxy) is 1. The number of benzene rings is 3. The van der Waals surface area contributed by atoms with Crippen LogP contribution in [-0.4, -0.2) is 0 Å². The molecule has 0 saturated carbocycles. The van der Waals surface area contributed by atoms with E-state index < -0.39 is 0 Å². The molecule has 0 atom stereocenters. The number of anilines is 1. The smallest absolute Gasteiger partial charge is 0.139 e. The molecule has 3 rings (SSSR count). The molecule has 1 N–H and O–H groups in total. The van der Waals surface area contributed by atoms with E-state index in [9.17, 15) is 4.39 Å². The molecule has 0 aliphatic rings. The molecule has 0 aliphatic heterocycles. The van der Waals surface area contributed by atoms with Gasteiger partial charge in [0.1, 0.15) is 18.2 Å². The minimum atomic E-state index is -0.258. The van der Waals surface area contributed by atoms with Gasteiger partial charge in [-0.3, -0.25) is 0 Å². The van der Waals surface area contributed by atoms with E-state index in [-0.39, 0.29) is 5.82 Å². The van der Waals surface area contributed by atoms with E-state index in [1.54, 1.807) is 12.1 Å². The fourth-order valence-corrected chi connectivity index (χ4v) is 3.96. The molecule has 0 radical (unpaired) electrons. The van der Waals surface area contributed by atoms with Crippen molar-refractivity contribution in [3.05, 3.63) is 91.6 Å². The molecule has 0 bridgehead atoms. The third kappa shape index (κ3) is 5.22. The van der Waals surface area contributed by atoms with Gasteiger partial charge >= 0.3 is 0 Å². The van der Waals surface area contributed by atoms with Crippen LogP contribution in [-0.2, 0) is 13.2 Å². The summed E-state index contributed by atoms with van der Waals surface area (Å²) in [5, 5.41) is 4.06. The van der Waals surface area contributed by atoms with Gasteiger partial charge in [-0.2, -0.15) is 0 Å². The molecule has 26 heavy (non-hydrogen) atoms. The number of halogens is 4. The molecule has 0 unspecified atom stereocenters. The largest absolute Gasteiger partial charge is 0.487 e. The molecule has 0 fully saturated rings. The summed E-state index contributed by atoms with van der Waals surface area (Å²) in [5.74, 6) is 0.491. The average Bonchev–Trinajstić information content (AvgIpc) is 2.62. The highest BCUT2D eigenvalue weighted by atomic mass is 79.9. The van der Waals surface area contributed by atoms with E-state index in [4.69, 9.17) is 16.3 Å². The molecule has 0 saturated heterocycles. The second kappa shape index (κ2) is 8.89. The summed E-state index contributed by atoms with van der Waals surface area (Å²) in [6, 6.07) is 17.8. The molecule has 0 spiro atoms. The Hall–Kier alpha value is -1.56. The zero-order valence-corrected chi connectivity index (χ0v) is 17.5. The Labute approximate surface area is 173 Å². The number of hydrogen-bond donors (Lipinski definition) is 1. The molecule has 0 heterocycles. The van der Waals surface area contributed by atoms with Gasteiger partial charge in [-0.25, -0.2) is 4.39 Å². The fourth-order valence-electron chi connectivity index (χ4n) is 2.41. The minimum absolute atomic E-state index is 0.258.